The molecule has 1 aliphatic rings. The number of nitrogens with zero attached hydrogens (tertiary/aromatic N) is 1. The molecule has 0 saturated heterocycles. The van der Waals surface area contributed by atoms with Gasteiger partial charge in [0.15, 0.2) is 6.04 Å². The Balaban J connectivity index is 2.24. The normalized spacial score (nSPS) is 18.5. The number of allylic oxidation sites excluding steroid dienone is 2. The number of hydrogen-bond acceptors (Lipinski definition) is 8. The van der Waals surface area contributed by atoms with Crippen molar-refractivity contribution in [1.82, 2.24) is 5.32 Å². The Bertz CT molecular complexity index is 1030. The van der Waals surface area contributed by atoms with Gasteiger partial charge in [-0.3, -0.25) is 4.99 Å². The van der Waals surface area contributed by atoms with Crippen molar-refractivity contribution in [1.29, 1.82) is 0 Å². The third kappa shape index (κ3) is 5.89. The Morgan fingerprint density at radius 3 is 2.43 bits per heavy atom. The molecule has 0 fully saturated rings. The maximum atomic E-state index is 11.4. The van der Waals surface area contributed by atoms with Gasteiger partial charge in [0.1, 0.15) is 11.7 Å². The fourth-order valence-corrected chi connectivity index (χ4v) is 2.57. The van der Waals surface area contributed by atoms with Crippen molar-refractivity contribution in [2.75, 3.05) is 0 Å². The summed E-state index contributed by atoms with van der Waals surface area (Å²) in [5, 5.41) is 38.7. The number of hydrogen-bond donors (Lipinski definition) is 5. The average Bonchev–Trinajstić information content (AvgIpc) is 2.66. The Kier molecular flexibility index (Phi) is 6.86. The number of aliphatic carboxylic acids is 3. The zero-order valence-corrected chi connectivity index (χ0v) is 15.1. The molecule has 5 N–H and O–H groups in total. The molecule has 30 heavy (non-hydrogen) atoms. The van der Waals surface area contributed by atoms with E-state index in [1.54, 1.807) is 0 Å². The number of carboxylic acids is 4. The molecule has 2 heterocycles. The highest BCUT2D eigenvalue weighted by atomic mass is 16.4. The van der Waals surface area contributed by atoms with E-state index >= 15 is 0 Å². The quantitative estimate of drug-likeness (QED) is 0.347. The summed E-state index contributed by atoms with van der Waals surface area (Å²) in [6.07, 6.45) is 3.19. The zero-order chi connectivity index (χ0) is 22.4. The molecule has 0 bridgehead atoms. The molecular formula is C18H16N2O10. The van der Waals surface area contributed by atoms with E-state index in [-0.39, 0.29) is 24.1 Å². The Morgan fingerprint density at radius 2 is 1.87 bits per heavy atom. The van der Waals surface area contributed by atoms with Gasteiger partial charge in [0.25, 0.3) is 0 Å². The maximum absolute atomic E-state index is 11.4. The second-order valence-corrected chi connectivity index (χ2v) is 6.15. The second-order valence-electron chi connectivity index (χ2n) is 6.15. The lowest BCUT2D eigenvalue weighted by Crippen LogP contribution is -2.41. The lowest BCUT2D eigenvalue weighted by atomic mass is 10.00. The number of rotatable bonds is 8. The minimum Gasteiger partial charge on any atom is -0.480 e. The van der Waals surface area contributed by atoms with Crippen molar-refractivity contribution in [3.8, 4) is 0 Å². The summed E-state index contributed by atoms with van der Waals surface area (Å²) in [5.41, 5.74) is -0.914. The number of nitrogens with one attached hydrogen (secondary N) is 1. The smallest absolute Gasteiger partial charge is 0.371 e. The lowest BCUT2D eigenvalue weighted by Gasteiger charge is -2.21. The lowest BCUT2D eigenvalue weighted by molar-refractivity contribution is -0.140. The van der Waals surface area contributed by atoms with Gasteiger partial charge in [-0.25, -0.2) is 24.0 Å². The zero-order valence-electron chi connectivity index (χ0n) is 15.1. The van der Waals surface area contributed by atoms with Gasteiger partial charge in [-0.2, -0.15) is 0 Å². The summed E-state index contributed by atoms with van der Waals surface area (Å²) in [4.78, 5) is 59.9. The first-order valence-electron chi connectivity index (χ1n) is 8.33. The molecule has 0 spiro atoms. The van der Waals surface area contributed by atoms with E-state index in [4.69, 9.17) is 15.3 Å². The van der Waals surface area contributed by atoms with Gasteiger partial charge >= 0.3 is 29.5 Å². The maximum Gasteiger partial charge on any atom is 0.371 e. The molecule has 0 radical (unpaired) electrons. The first-order valence-corrected chi connectivity index (χ1v) is 8.33. The van der Waals surface area contributed by atoms with Gasteiger partial charge in [0.2, 0.25) is 5.76 Å². The van der Waals surface area contributed by atoms with Crippen LogP contribution in [0.1, 0.15) is 22.5 Å². The molecule has 0 aromatic carbocycles. The van der Waals surface area contributed by atoms with Crippen LogP contribution in [0.4, 0.5) is 0 Å². The van der Waals surface area contributed by atoms with Crippen LogP contribution in [0.3, 0.4) is 0 Å². The van der Waals surface area contributed by atoms with Crippen LogP contribution in [0.25, 0.3) is 0 Å². The highest BCUT2D eigenvalue weighted by Crippen LogP contribution is 2.16. The third-order valence-corrected chi connectivity index (χ3v) is 3.94. The van der Waals surface area contributed by atoms with Gasteiger partial charge < -0.3 is 30.2 Å². The summed E-state index contributed by atoms with van der Waals surface area (Å²) < 4.78 is 4.48. The average molecular weight is 420 g/mol. The Labute approximate surface area is 167 Å². The van der Waals surface area contributed by atoms with Crippen LogP contribution >= 0.6 is 0 Å². The fraction of sp³-hybridized carbons (Fsp3) is 0.222. The van der Waals surface area contributed by atoms with Crippen molar-refractivity contribution >= 4 is 30.1 Å². The molecule has 12 heteroatoms. The van der Waals surface area contributed by atoms with Crippen LogP contribution in [-0.2, 0) is 20.8 Å². The molecule has 158 valence electrons. The molecular weight excluding hydrogens is 404 g/mol. The summed E-state index contributed by atoms with van der Waals surface area (Å²) in [5.74, 6) is -6.11. The summed E-state index contributed by atoms with van der Waals surface area (Å²) in [7, 11) is 0. The predicted octanol–water partition coefficient (Wildman–Crippen LogP) is -0.254. The van der Waals surface area contributed by atoms with Crippen LogP contribution < -0.4 is 10.9 Å². The summed E-state index contributed by atoms with van der Waals surface area (Å²) >= 11 is 0. The largest absolute Gasteiger partial charge is 0.480 e. The highest BCUT2D eigenvalue weighted by Gasteiger charge is 2.26. The van der Waals surface area contributed by atoms with Crippen molar-refractivity contribution in [2.45, 2.75) is 24.9 Å². The third-order valence-electron chi connectivity index (χ3n) is 3.94. The molecule has 12 nitrogen and oxygen atoms in total. The molecule has 0 aliphatic carbocycles. The van der Waals surface area contributed by atoms with Gasteiger partial charge in [0, 0.05) is 25.1 Å². The molecule has 2 rings (SSSR count). The Morgan fingerprint density at radius 1 is 1.17 bits per heavy atom. The van der Waals surface area contributed by atoms with Crippen molar-refractivity contribution < 1.29 is 44.0 Å². The topological polar surface area (TPSA) is 204 Å². The minimum absolute atomic E-state index is 0.0580. The first-order chi connectivity index (χ1) is 14.1. The molecule has 1 aromatic heterocycles. The highest BCUT2D eigenvalue weighted by molar-refractivity contribution is 5.90. The van der Waals surface area contributed by atoms with Crippen LogP contribution in [0.2, 0.25) is 0 Å². The number of aromatic carboxylic acids is 1. The van der Waals surface area contributed by atoms with Gasteiger partial charge in [-0.05, 0) is 29.4 Å². The van der Waals surface area contributed by atoms with Gasteiger partial charge in [0.05, 0.1) is 0 Å². The Hall–Kier alpha value is -4.22. The molecule has 0 amide bonds. The van der Waals surface area contributed by atoms with Crippen molar-refractivity contribution in [2.24, 2.45) is 4.99 Å². The fourth-order valence-electron chi connectivity index (χ4n) is 2.57. The number of aliphatic imine (C=N–C) groups is 1. The van der Waals surface area contributed by atoms with Crippen LogP contribution in [0.15, 0.2) is 49.8 Å². The van der Waals surface area contributed by atoms with Crippen LogP contribution in [0.5, 0.6) is 0 Å². The molecule has 2 unspecified atom stereocenters. The van der Waals surface area contributed by atoms with Gasteiger partial charge in [-0.1, -0.05) is 0 Å². The van der Waals surface area contributed by atoms with E-state index in [0.29, 0.717) is 5.57 Å². The van der Waals surface area contributed by atoms with Gasteiger partial charge in [-0.15, -0.1) is 0 Å². The number of carboxylic acid groups (broad SMARTS) is 4. The summed E-state index contributed by atoms with van der Waals surface area (Å²) in [6, 6.07) is -0.596. The second kappa shape index (κ2) is 9.32. The summed E-state index contributed by atoms with van der Waals surface area (Å²) in [6.45, 7) is 0. The monoisotopic (exact) mass is 420 g/mol. The van der Waals surface area contributed by atoms with E-state index in [1.165, 1.54) is 12.2 Å². The molecule has 2 atom stereocenters. The number of carbonyl (C=O) groups is 4. The predicted molar refractivity (Wildman–Crippen MR) is 98.5 cm³/mol. The molecule has 1 aliphatic heterocycles. The van der Waals surface area contributed by atoms with E-state index < -0.39 is 47.3 Å². The molecule has 0 saturated carbocycles. The molecule has 1 aromatic rings. The van der Waals surface area contributed by atoms with E-state index in [0.717, 1.165) is 18.3 Å². The van der Waals surface area contributed by atoms with Crippen LogP contribution in [0, 0.1) is 0 Å². The van der Waals surface area contributed by atoms with E-state index in [2.05, 4.69) is 14.7 Å². The minimum atomic E-state index is -1.49. The van der Waals surface area contributed by atoms with E-state index in [1.807, 2.05) is 0 Å². The van der Waals surface area contributed by atoms with Crippen LogP contribution in [-0.4, -0.2) is 62.6 Å². The first kappa shape index (κ1) is 22.1. The van der Waals surface area contributed by atoms with Crippen molar-refractivity contribution in [3.63, 3.8) is 0 Å². The van der Waals surface area contributed by atoms with E-state index in [9.17, 15) is 29.1 Å². The SMILES string of the molecule is O=C(O)C1=C/C(=C\C=NC(Cc2cc(C(=O)O)oc(=O)c2)C(=O)O)CC(C(=O)O)N1. The standard InChI is InChI=1S/C18H16N2O10/c21-14-7-9(6-13(30-14)18(28)29)5-10(15(22)23)19-2-1-8-3-11(16(24)25)20-12(4-8)17(26)27/h1-3,6-7,10,12,20H,4-5H2,(H,22,23)(H,24,25)(H,26,27)(H,28,29)/b8-1+,19-2?. The van der Waals surface area contributed by atoms with Crippen molar-refractivity contribution in [3.05, 3.63) is 57.3 Å².